The maximum absolute atomic E-state index is 5.49. The Balaban J connectivity index is 2.13. The summed E-state index contributed by atoms with van der Waals surface area (Å²) in [5.74, 6) is 1.50. The molecule has 3 heteroatoms. The van der Waals surface area contributed by atoms with E-state index in [4.69, 9.17) is 4.74 Å². The van der Waals surface area contributed by atoms with Crippen LogP contribution in [0.15, 0.2) is 30.3 Å². The maximum Gasteiger partial charge on any atom is 0.220 e. The molecule has 3 nitrogen and oxygen atoms in total. The molecule has 0 bridgehead atoms. The first-order chi connectivity index (χ1) is 7.84. The maximum atomic E-state index is 5.49. The molecule has 3 rings (SSSR count). The summed E-state index contributed by atoms with van der Waals surface area (Å²) in [5.41, 5.74) is 3.21. The standard InChI is InChI=1S/C13H12N2O/c1-9-11-7-8-16-13(11)15-12(14-9)10-5-3-2-4-6-10/h2-6H,7-8H2,1H3. The van der Waals surface area contributed by atoms with Crippen molar-refractivity contribution in [3.05, 3.63) is 41.6 Å². The average molecular weight is 212 g/mol. The molecule has 0 N–H and O–H groups in total. The largest absolute Gasteiger partial charge is 0.477 e. The Hall–Kier alpha value is -1.90. The number of rotatable bonds is 1. The molecule has 16 heavy (non-hydrogen) atoms. The number of nitrogens with zero attached hydrogens (tertiary/aromatic N) is 2. The van der Waals surface area contributed by atoms with Crippen molar-refractivity contribution < 1.29 is 4.74 Å². The Morgan fingerprint density at radius 3 is 2.75 bits per heavy atom. The van der Waals surface area contributed by atoms with Gasteiger partial charge in [0.05, 0.1) is 6.61 Å². The highest BCUT2D eigenvalue weighted by atomic mass is 16.5. The molecule has 80 valence electrons. The summed E-state index contributed by atoms with van der Waals surface area (Å²) in [6, 6.07) is 9.98. The fourth-order valence-corrected chi connectivity index (χ4v) is 1.94. The van der Waals surface area contributed by atoms with Crippen molar-refractivity contribution >= 4 is 0 Å². The van der Waals surface area contributed by atoms with Crippen LogP contribution in [0.2, 0.25) is 0 Å². The second-order valence-corrected chi connectivity index (χ2v) is 3.88. The number of aryl methyl sites for hydroxylation is 1. The summed E-state index contributed by atoms with van der Waals surface area (Å²) in [6.07, 6.45) is 0.927. The van der Waals surface area contributed by atoms with Crippen molar-refractivity contribution in [2.24, 2.45) is 0 Å². The number of fused-ring (bicyclic) bond motifs is 1. The predicted molar refractivity (Wildman–Crippen MR) is 61.4 cm³/mol. The van der Waals surface area contributed by atoms with E-state index in [-0.39, 0.29) is 0 Å². The fourth-order valence-electron chi connectivity index (χ4n) is 1.94. The predicted octanol–water partition coefficient (Wildman–Crippen LogP) is 2.39. The van der Waals surface area contributed by atoms with Gasteiger partial charge in [-0.05, 0) is 6.92 Å². The van der Waals surface area contributed by atoms with E-state index >= 15 is 0 Å². The minimum absolute atomic E-state index is 0.725. The summed E-state index contributed by atoms with van der Waals surface area (Å²) in [7, 11) is 0. The van der Waals surface area contributed by atoms with E-state index in [1.54, 1.807) is 0 Å². The molecule has 1 aromatic carbocycles. The molecule has 0 aliphatic carbocycles. The Morgan fingerprint density at radius 2 is 1.94 bits per heavy atom. The van der Waals surface area contributed by atoms with Crippen LogP contribution in [0.4, 0.5) is 0 Å². The van der Waals surface area contributed by atoms with Crippen LogP contribution in [-0.2, 0) is 6.42 Å². The number of ether oxygens (including phenoxy) is 1. The number of benzene rings is 1. The summed E-state index contributed by atoms with van der Waals surface area (Å²) in [5, 5.41) is 0. The number of hydrogen-bond donors (Lipinski definition) is 0. The molecule has 0 amide bonds. The molecule has 1 aliphatic rings. The molecule has 0 unspecified atom stereocenters. The lowest BCUT2D eigenvalue weighted by Crippen LogP contribution is -1.96. The number of hydrogen-bond acceptors (Lipinski definition) is 3. The molecule has 2 heterocycles. The zero-order valence-corrected chi connectivity index (χ0v) is 9.10. The van der Waals surface area contributed by atoms with Crippen LogP contribution in [0.5, 0.6) is 5.88 Å². The van der Waals surface area contributed by atoms with E-state index in [0.717, 1.165) is 41.6 Å². The first-order valence-corrected chi connectivity index (χ1v) is 5.40. The van der Waals surface area contributed by atoms with Crippen LogP contribution >= 0.6 is 0 Å². The molecule has 1 aliphatic heterocycles. The van der Waals surface area contributed by atoms with Gasteiger partial charge in [0.2, 0.25) is 5.88 Å². The van der Waals surface area contributed by atoms with Crippen LogP contribution in [0, 0.1) is 6.92 Å². The third-order valence-electron chi connectivity index (χ3n) is 2.80. The van der Waals surface area contributed by atoms with Gasteiger partial charge in [-0.3, -0.25) is 0 Å². The molecule has 0 fully saturated rings. The van der Waals surface area contributed by atoms with Crippen LogP contribution in [0.1, 0.15) is 11.3 Å². The summed E-state index contributed by atoms with van der Waals surface area (Å²) in [4.78, 5) is 8.97. The quantitative estimate of drug-likeness (QED) is 0.728. The lowest BCUT2D eigenvalue weighted by molar-refractivity contribution is 0.345. The minimum Gasteiger partial charge on any atom is -0.477 e. The monoisotopic (exact) mass is 212 g/mol. The van der Waals surface area contributed by atoms with Crippen molar-refractivity contribution in [2.75, 3.05) is 6.61 Å². The fraction of sp³-hybridized carbons (Fsp3) is 0.231. The molecule has 0 saturated carbocycles. The molecule has 0 spiro atoms. The Labute approximate surface area is 94.1 Å². The lowest BCUT2D eigenvalue weighted by Gasteiger charge is -2.05. The molecule has 2 aromatic rings. The van der Waals surface area contributed by atoms with Crippen molar-refractivity contribution in [3.63, 3.8) is 0 Å². The second kappa shape index (κ2) is 3.59. The van der Waals surface area contributed by atoms with E-state index in [9.17, 15) is 0 Å². The van der Waals surface area contributed by atoms with Crippen molar-refractivity contribution in [3.8, 4) is 17.3 Å². The SMILES string of the molecule is Cc1nc(-c2ccccc2)nc2c1CCO2. The highest BCUT2D eigenvalue weighted by Crippen LogP contribution is 2.27. The molecule has 0 saturated heterocycles. The van der Waals surface area contributed by atoms with Gasteiger partial charge in [0.15, 0.2) is 5.82 Å². The van der Waals surface area contributed by atoms with E-state index in [1.807, 2.05) is 37.3 Å². The summed E-state index contributed by atoms with van der Waals surface area (Å²) < 4.78 is 5.49. The minimum atomic E-state index is 0.725. The highest BCUT2D eigenvalue weighted by Gasteiger charge is 2.18. The molecule has 0 atom stereocenters. The highest BCUT2D eigenvalue weighted by molar-refractivity contribution is 5.56. The van der Waals surface area contributed by atoms with E-state index in [1.165, 1.54) is 0 Å². The third kappa shape index (κ3) is 1.45. The van der Waals surface area contributed by atoms with Gasteiger partial charge < -0.3 is 4.74 Å². The Bertz CT molecular complexity index is 523. The average Bonchev–Trinajstić information content (AvgIpc) is 2.79. The lowest BCUT2D eigenvalue weighted by atomic mass is 10.1. The van der Waals surface area contributed by atoms with Gasteiger partial charge in [0.25, 0.3) is 0 Å². The van der Waals surface area contributed by atoms with Gasteiger partial charge in [-0.2, -0.15) is 4.98 Å². The zero-order chi connectivity index (χ0) is 11.0. The van der Waals surface area contributed by atoms with Gasteiger partial charge in [-0.25, -0.2) is 4.98 Å². The first kappa shape index (κ1) is 9.33. The van der Waals surface area contributed by atoms with Gasteiger partial charge in [-0.15, -0.1) is 0 Å². The van der Waals surface area contributed by atoms with E-state index < -0.39 is 0 Å². The summed E-state index contributed by atoms with van der Waals surface area (Å²) >= 11 is 0. The summed E-state index contributed by atoms with van der Waals surface area (Å²) in [6.45, 7) is 2.74. The van der Waals surface area contributed by atoms with Gasteiger partial charge in [-0.1, -0.05) is 30.3 Å². The van der Waals surface area contributed by atoms with Crippen LogP contribution in [-0.4, -0.2) is 16.6 Å². The van der Waals surface area contributed by atoms with E-state index in [2.05, 4.69) is 9.97 Å². The first-order valence-electron chi connectivity index (χ1n) is 5.40. The van der Waals surface area contributed by atoms with Crippen LogP contribution < -0.4 is 4.74 Å². The second-order valence-electron chi connectivity index (χ2n) is 3.88. The Kier molecular flexibility index (Phi) is 2.10. The van der Waals surface area contributed by atoms with Gasteiger partial charge >= 0.3 is 0 Å². The topological polar surface area (TPSA) is 35.0 Å². The third-order valence-corrected chi connectivity index (χ3v) is 2.80. The van der Waals surface area contributed by atoms with Crippen molar-refractivity contribution in [2.45, 2.75) is 13.3 Å². The van der Waals surface area contributed by atoms with Crippen LogP contribution in [0.25, 0.3) is 11.4 Å². The zero-order valence-electron chi connectivity index (χ0n) is 9.10. The molecule has 1 aromatic heterocycles. The Morgan fingerprint density at radius 1 is 1.12 bits per heavy atom. The number of aromatic nitrogens is 2. The smallest absolute Gasteiger partial charge is 0.220 e. The molecular weight excluding hydrogens is 200 g/mol. The van der Waals surface area contributed by atoms with Crippen LogP contribution in [0.3, 0.4) is 0 Å². The van der Waals surface area contributed by atoms with Crippen molar-refractivity contribution in [1.29, 1.82) is 0 Å². The van der Waals surface area contributed by atoms with E-state index in [0.29, 0.717) is 0 Å². The molecule has 0 radical (unpaired) electrons. The van der Waals surface area contributed by atoms with Gasteiger partial charge in [0, 0.05) is 23.2 Å². The normalized spacial score (nSPS) is 13.3. The molecular formula is C13H12N2O. The van der Waals surface area contributed by atoms with Crippen molar-refractivity contribution in [1.82, 2.24) is 9.97 Å². The van der Waals surface area contributed by atoms with Gasteiger partial charge in [0.1, 0.15) is 0 Å².